The van der Waals surface area contributed by atoms with Crippen LogP contribution in [-0.4, -0.2) is 16.1 Å². The third-order valence-corrected chi connectivity index (χ3v) is 4.79. The molecule has 2 aromatic rings. The summed E-state index contributed by atoms with van der Waals surface area (Å²) < 4.78 is 1.13. The summed E-state index contributed by atoms with van der Waals surface area (Å²) in [6, 6.07) is 7.94. The van der Waals surface area contributed by atoms with E-state index in [2.05, 4.69) is 4.98 Å². The molecule has 1 aliphatic carbocycles. The first-order chi connectivity index (χ1) is 8.01. The van der Waals surface area contributed by atoms with E-state index < -0.39 is 5.97 Å². The predicted octanol–water partition coefficient (Wildman–Crippen LogP) is 3.12. The molecule has 0 bridgehead atoms. The van der Waals surface area contributed by atoms with Gasteiger partial charge in [-0.1, -0.05) is 26.0 Å². The van der Waals surface area contributed by atoms with E-state index in [0.29, 0.717) is 0 Å². The summed E-state index contributed by atoms with van der Waals surface area (Å²) in [4.78, 5) is 15.7. The van der Waals surface area contributed by atoms with Crippen molar-refractivity contribution in [3.63, 3.8) is 0 Å². The largest absolute Gasteiger partial charge is 0.481 e. The molecule has 0 saturated heterocycles. The van der Waals surface area contributed by atoms with Crippen LogP contribution in [0.3, 0.4) is 0 Å². The Hall–Kier alpha value is -1.42. The van der Waals surface area contributed by atoms with E-state index >= 15 is 0 Å². The van der Waals surface area contributed by atoms with Crippen molar-refractivity contribution in [3.05, 3.63) is 29.3 Å². The standard InChI is InChI=1S/C13H13NO2S/c1-13(2)9(10(13)12(15)16)11-14-7-5-3-4-6-8(7)17-11/h3-6,9-10H,1-2H3,(H,15,16)/t9-,10-/m1/s1. The molecule has 0 unspecified atom stereocenters. The summed E-state index contributed by atoms with van der Waals surface area (Å²) in [6.45, 7) is 4.00. The average molecular weight is 247 g/mol. The zero-order chi connectivity index (χ0) is 12.2. The maximum Gasteiger partial charge on any atom is 0.307 e. The van der Waals surface area contributed by atoms with Crippen molar-refractivity contribution >= 4 is 27.5 Å². The van der Waals surface area contributed by atoms with Crippen LogP contribution in [0.2, 0.25) is 0 Å². The molecule has 3 nitrogen and oxygen atoms in total. The number of thiazole rings is 1. The molecule has 0 radical (unpaired) electrons. The van der Waals surface area contributed by atoms with Crippen LogP contribution < -0.4 is 0 Å². The molecule has 4 heteroatoms. The van der Waals surface area contributed by atoms with Crippen LogP contribution in [0.15, 0.2) is 24.3 Å². The first kappa shape index (κ1) is 10.7. The van der Waals surface area contributed by atoms with Crippen LogP contribution in [0.1, 0.15) is 24.8 Å². The van der Waals surface area contributed by atoms with Crippen molar-refractivity contribution in [2.24, 2.45) is 11.3 Å². The molecule has 0 spiro atoms. The first-order valence-electron chi connectivity index (χ1n) is 5.60. The second-order valence-electron chi connectivity index (χ2n) is 5.13. The van der Waals surface area contributed by atoms with Crippen LogP contribution in [-0.2, 0) is 4.79 Å². The van der Waals surface area contributed by atoms with E-state index in [9.17, 15) is 9.90 Å². The fourth-order valence-electron chi connectivity index (χ4n) is 2.58. The number of rotatable bonds is 2. The van der Waals surface area contributed by atoms with Gasteiger partial charge in [-0.3, -0.25) is 4.79 Å². The minimum atomic E-state index is -0.709. The monoisotopic (exact) mass is 247 g/mol. The summed E-state index contributed by atoms with van der Waals surface area (Å²) in [7, 11) is 0. The molecule has 1 aromatic carbocycles. The molecule has 2 atom stereocenters. The third kappa shape index (κ3) is 1.47. The van der Waals surface area contributed by atoms with Crippen molar-refractivity contribution in [1.29, 1.82) is 0 Å². The average Bonchev–Trinajstić information content (AvgIpc) is 2.68. The van der Waals surface area contributed by atoms with Crippen molar-refractivity contribution in [1.82, 2.24) is 4.98 Å². The number of fused-ring (bicyclic) bond motifs is 1. The van der Waals surface area contributed by atoms with Crippen molar-refractivity contribution in [3.8, 4) is 0 Å². The van der Waals surface area contributed by atoms with Gasteiger partial charge in [0.2, 0.25) is 0 Å². The van der Waals surface area contributed by atoms with Crippen LogP contribution >= 0.6 is 11.3 Å². The number of carbonyl (C=O) groups is 1. The highest BCUT2D eigenvalue weighted by Crippen LogP contribution is 2.65. The highest BCUT2D eigenvalue weighted by molar-refractivity contribution is 7.18. The summed E-state index contributed by atoms with van der Waals surface area (Å²) in [5, 5.41) is 10.1. The van der Waals surface area contributed by atoms with E-state index in [-0.39, 0.29) is 17.3 Å². The number of aliphatic carboxylic acids is 1. The lowest BCUT2D eigenvalue weighted by Gasteiger charge is -1.97. The van der Waals surface area contributed by atoms with Crippen molar-refractivity contribution in [2.75, 3.05) is 0 Å². The second-order valence-corrected chi connectivity index (χ2v) is 6.20. The van der Waals surface area contributed by atoms with E-state index in [1.54, 1.807) is 11.3 Å². The predicted molar refractivity (Wildman–Crippen MR) is 67.3 cm³/mol. The maximum atomic E-state index is 11.2. The minimum Gasteiger partial charge on any atom is -0.481 e. The Morgan fingerprint density at radius 1 is 1.41 bits per heavy atom. The smallest absolute Gasteiger partial charge is 0.307 e. The molecule has 1 N–H and O–H groups in total. The summed E-state index contributed by atoms with van der Waals surface area (Å²) in [5.74, 6) is -0.931. The fourth-order valence-corrected chi connectivity index (χ4v) is 3.88. The molecule has 1 fully saturated rings. The lowest BCUT2D eigenvalue weighted by Crippen LogP contribution is -2.03. The van der Waals surface area contributed by atoms with E-state index in [4.69, 9.17) is 0 Å². The Labute approximate surface area is 103 Å². The van der Waals surface area contributed by atoms with E-state index in [0.717, 1.165) is 15.2 Å². The minimum absolute atomic E-state index is 0.0670. The molecule has 0 aliphatic heterocycles. The highest BCUT2D eigenvalue weighted by Gasteiger charge is 2.64. The second kappa shape index (κ2) is 3.29. The summed E-state index contributed by atoms with van der Waals surface area (Å²) >= 11 is 1.62. The Bertz CT molecular complexity index is 569. The van der Waals surface area contributed by atoms with Gasteiger partial charge in [0.25, 0.3) is 0 Å². The molecule has 17 heavy (non-hydrogen) atoms. The van der Waals surface area contributed by atoms with Gasteiger partial charge < -0.3 is 5.11 Å². The molecule has 1 aromatic heterocycles. The third-order valence-electron chi connectivity index (χ3n) is 3.67. The van der Waals surface area contributed by atoms with Gasteiger partial charge in [-0.25, -0.2) is 4.98 Å². The SMILES string of the molecule is CC1(C)[C@@H](C(=O)O)[C@@H]1c1nc2ccccc2s1. The van der Waals surface area contributed by atoms with Gasteiger partial charge in [0.1, 0.15) is 0 Å². The fraction of sp³-hybridized carbons (Fsp3) is 0.385. The van der Waals surface area contributed by atoms with Gasteiger partial charge in [0.05, 0.1) is 21.1 Å². The van der Waals surface area contributed by atoms with Crippen LogP contribution in [0, 0.1) is 11.3 Å². The quantitative estimate of drug-likeness (QED) is 0.887. The van der Waals surface area contributed by atoms with Gasteiger partial charge in [-0.05, 0) is 17.5 Å². The molecule has 0 amide bonds. The van der Waals surface area contributed by atoms with Crippen LogP contribution in [0.25, 0.3) is 10.2 Å². The number of hydrogen-bond donors (Lipinski definition) is 1. The number of nitrogens with zero attached hydrogens (tertiary/aromatic N) is 1. The molecule has 1 aliphatic rings. The Kier molecular flexibility index (Phi) is 2.08. The number of hydrogen-bond acceptors (Lipinski definition) is 3. The van der Waals surface area contributed by atoms with Crippen LogP contribution in [0.5, 0.6) is 0 Å². The summed E-state index contributed by atoms with van der Waals surface area (Å²) in [6.07, 6.45) is 0. The van der Waals surface area contributed by atoms with Gasteiger partial charge in [-0.2, -0.15) is 0 Å². The van der Waals surface area contributed by atoms with Gasteiger partial charge >= 0.3 is 5.97 Å². The van der Waals surface area contributed by atoms with Gasteiger partial charge in [-0.15, -0.1) is 11.3 Å². The Morgan fingerprint density at radius 3 is 2.71 bits per heavy atom. The molecule has 3 rings (SSSR count). The van der Waals surface area contributed by atoms with Crippen LogP contribution in [0.4, 0.5) is 0 Å². The van der Waals surface area contributed by atoms with E-state index in [1.807, 2.05) is 38.1 Å². The number of carboxylic acids is 1. The molecular weight excluding hydrogens is 234 g/mol. The van der Waals surface area contributed by atoms with E-state index in [1.165, 1.54) is 0 Å². The Balaban J connectivity index is 2.03. The zero-order valence-electron chi connectivity index (χ0n) is 9.68. The highest BCUT2D eigenvalue weighted by atomic mass is 32.1. The maximum absolute atomic E-state index is 11.2. The Morgan fingerprint density at radius 2 is 2.12 bits per heavy atom. The molecule has 1 heterocycles. The number of para-hydroxylation sites is 1. The van der Waals surface area contributed by atoms with Crippen molar-refractivity contribution < 1.29 is 9.90 Å². The topological polar surface area (TPSA) is 50.2 Å². The van der Waals surface area contributed by atoms with Crippen molar-refractivity contribution in [2.45, 2.75) is 19.8 Å². The van der Waals surface area contributed by atoms with Gasteiger partial charge in [0.15, 0.2) is 0 Å². The number of benzene rings is 1. The lowest BCUT2D eigenvalue weighted by molar-refractivity contribution is -0.139. The summed E-state index contributed by atoms with van der Waals surface area (Å²) in [5.41, 5.74) is 0.805. The lowest BCUT2D eigenvalue weighted by atomic mass is 10.1. The molecule has 1 saturated carbocycles. The molecular formula is C13H13NO2S. The molecule has 88 valence electrons. The normalized spacial score (nSPS) is 26.0. The van der Waals surface area contributed by atoms with Gasteiger partial charge in [0, 0.05) is 5.92 Å². The first-order valence-corrected chi connectivity index (χ1v) is 6.42. The zero-order valence-corrected chi connectivity index (χ0v) is 10.5. The number of aromatic nitrogens is 1. The number of carboxylic acid groups (broad SMARTS) is 1.